The Bertz CT molecular complexity index is 1150. The minimum atomic E-state index is -3.93. The van der Waals surface area contributed by atoms with E-state index in [4.69, 9.17) is 0 Å². The fourth-order valence-corrected chi connectivity index (χ4v) is 4.20. The molecule has 0 aromatic heterocycles. The van der Waals surface area contributed by atoms with E-state index in [1.54, 1.807) is 6.07 Å². The number of hydrogen-bond donors (Lipinski definition) is 2. The molecule has 2 N–H and O–H groups in total. The smallest absolute Gasteiger partial charge is 0.261 e. The van der Waals surface area contributed by atoms with Crippen LogP contribution in [-0.4, -0.2) is 14.3 Å². The topological polar surface area (TPSA) is 75.3 Å². The van der Waals surface area contributed by atoms with Crippen molar-refractivity contribution >= 4 is 27.3 Å². The van der Waals surface area contributed by atoms with E-state index in [1.807, 2.05) is 32.9 Å². The van der Waals surface area contributed by atoms with Gasteiger partial charge in [0.2, 0.25) is 0 Å². The minimum absolute atomic E-state index is 0.0631. The van der Waals surface area contributed by atoms with Gasteiger partial charge in [0.25, 0.3) is 15.9 Å². The van der Waals surface area contributed by atoms with Crippen molar-refractivity contribution in [3.05, 3.63) is 88.7 Å². The summed E-state index contributed by atoms with van der Waals surface area (Å²) in [5.74, 6) is -0.868. The fourth-order valence-electron chi connectivity index (χ4n) is 3.10. The van der Waals surface area contributed by atoms with E-state index < -0.39 is 21.7 Å². The van der Waals surface area contributed by atoms with Crippen molar-refractivity contribution in [2.45, 2.75) is 25.7 Å². The van der Waals surface area contributed by atoms with Crippen molar-refractivity contribution in [1.29, 1.82) is 0 Å². The molecule has 0 aliphatic carbocycles. The highest BCUT2D eigenvalue weighted by Gasteiger charge is 2.17. The molecule has 150 valence electrons. The molecule has 0 saturated carbocycles. The number of aryl methyl sites for hydroxylation is 3. The molecule has 29 heavy (non-hydrogen) atoms. The van der Waals surface area contributed by atoms with Crippen LogP contribution in [0.15, 0.2) is 65.6 Å². The predicted octanol–water partition coefficient (Wildman–Crippen LogP) is 4.80. The second-order valence-electron chi connectivity index (χ2n) is 6.87. The number of carbonyl (C=O) groups is 1. The van der Waals surface area contributed by atoms with Crippen LogP contribution in [0.2, 0.25) is 0 Å². The Morgan fingerprint density at radius 2 is 1.52 bits per heavy atom. The Morgan fingerprint density at radius 3 is 2.14 bits per heavy atom. The van der Waals surface area contributed by atoms with Crippen LogP contribution in [-0.2, 0) is 10.0 Å². The predicted molar refractivity (Wildman–Crippen MR) is 112 cm³/mol. The summed E-state index contributed by atoms with van der Waals surface area (Å²) >= 11 is 0. The Balaban J connectivity index is 1.85. The average molecular weight is 412 g/mol. The summed E-state index contributed by atoms with van der Waals surface area (Å²) in [6.07, 6.45) is 0. The molecular formula is C22H21FN2O3S. The maximum atomic E-state index is 13.0. The molecule has 1 amide bonds. The van der Waals surface area contributed by atoms with Gasteiger partial charge in [0, 0.05) is 16.9 Å². The Morgan fingerprint density at radius 1 is 0.897 bits per heavy atom. The summed E-state index contributed by atoms with van der Waals surface area (Å²) in [6.45, 7) is 5.79. The van der Waals surface area contributed by atoms with Gasteiger partial charge in [-0.2, -0.15) is 0 Å². The average Bonchev–Trinajstić information content (AvgIpc) is 2.66. The number of hydrogen-bond acceptors (Lipinski definition) is 3. The lowest BCUT2D eigenvalue weighted by Gasteiger charge is -2.13. The van der Waals surface area contributed by atoms with E-state index in [9.17, 15) is 17.6 Å². The Labute approximate surface area is 169 Å². The summed E-state index contributed by atoms with van der Waals surface area (Å²) in [6, 6.07) is 14.7. The quantitative estimate of drug-likeness (QED) is 0.632. The maximum Gasteiger partial charge on any atom is 0.261 e. The molecule has 0 radical (unpaired) electrons. The molecule has 0 bridgehead atoms. The van der Waals surface area contributed by atoms with Crippen molar-refractivity contribution in [3.8, 4) is 0 Å². The molecule has 5 nitrogen and oxygen atoms in total. The van der Waals surface area contributed by atoms with Crippen molar-refractivity contribution in [2.75, 3.05) is 10.0 Å². The summed E-state index contributed by atoms with van der Waals surface area (Å²) in [5.41, 5.74) is 4.10. The zero-order valence-electron chi connectivity index (χ0n) is 16.3. The maximum absolute atomic E-state index is 13.0. The third kappa shape index (κ3) is 4.81. The molecule has 0 saturated heterocycles. The van der Waals surface area contributed by atoms with Crippen molar-refractivity contribution in [3.63, 3.8) is 0 Å². The minimum Gasteiger partial charge on any atom is -0.322 e. The number of halogens is 1. The number of anilines is 2. The first kappa shape index (κ1) is 20.5. The van der Waals surface area contributed by atoms with Crippen LogP contribution in [0.1, 0.15) is 27.0 Å². The highest BCUT2D eigenvalue weighted by molar-refractivity contribution is 7.92. The molecule has 0 aliphatic rings. The zero-order valence-corrected chi connectivity index (χ0v) is 17.1. The third-order valence-electron chi connectivity index (χ3n) is 4.42. The van der Waals surface area contributed by atoms with Crippen LogP contribution in [0.5, 0.6) is 0 Å². The lowest BCUT2D eigenvalue weighted by atomic mass is 10.0. The van der Waals surface area contributed by atoms with E-state index in [0.717, 1.165) is 28.8 Å². The van der Waals surface area contributed by atoms with E-state index in [-0.39, 0.29) is 16.1 Å². The molecular weight excluding hydrogens is 391 g/mol. The summed E-state index contributed by atoms with van der Waals surface area (Å²) < 4.78 is 40.7. The SMILES string of the molecule is Cc1cc(C)c(NC(=O)c2cccc(S(=O)(=O)Nc3ccc(F)cc3)c2)c(C)c1. The summed E-state index contributed by atoms with van der Waals surface area (Å²) in [7, 11) is -3.93. The number of sulfonamides is 1. The Hall–Kier alpha value is -3.19. The normalized spacial score (nSPS) is 11.2. The van der Waals surface area contributed by atoms with E-state index >= 15 is 0 Å². The summed E-state index contributed by atoms with van der Waals surface area (Å²) in [5, 5.41) is 2.86. The van der Waals surface area contributed by atoms with Gasteiger partial charge < -0.3 is 5.32 Å². The highest BCUT2D eigenvalue weighted by Crippen LogP contribution is 2.23. The van der Waals surface area contributed by atoms with Gasteiger partial charge in [0.05, 0.1) is 4.90 Å². The first-order chi connectivity index (χ1) is 13.7. The number of carbonyl (C=O) groups excluding carboxylic acids is 1. The van der Waals surface area contributed by atoms with Gasteiger partial charge in [-0.3, -0.25) is 9.52 Å². The van der Waals surface area contributed by atoms with Crippen LogP contribution in [0.3, 0.4) is 0 Å². The Kier molecular flexibility index (Phi) is 5.70. The fraction of sp³-hybridized carbons (Fsp3) is 0.136. The molecule has 0 heterocycles. The van der Waals surface area contributed by atoms with Gasteiger partial charge in [-0.15, -0.1) is 0 Å². The first-order valence-electron chi connectivity index (χ1n) is 8.93. The number of rotatable bonds is 5. The van der Waals surface area contributed by atoms with Gasteiger partial charge in [0.15, 0.2) is 0 Å². The lowest BCUT2D eigenvalue weighted by Crippen LogP contribution is -2.16. The lowest BCUT2D eigenvalue weighted by molar-refractivity contribution is 0.102. The molecule has 3 aromatic carbocycles. The van der Waals surface area contributed by atoms with Crippen LogP contribution in [0, 0.1) is 26.6 Å². The van der Waals surface area contributed by atoms with Crippen molar-refractivity contribution < 1.29 is 17.6 Å². The molecule has 0 unspecified atom stereocenters. The molecule has 7 heteroatoms. The number of benzene rings is 3. The highest BCUT2D eigenvalue weighted by atomic mass is 32.2. The van der Waals surface area contributed by atoms with Crippen LogP contribution >= 0.6 is 0 Å². The van der Waals surface area contributed by atoms with E-state index in [2.05, 4.69) is 10.0 Å². The molecule has 3 aromatic rings. The van der Waals surface area contributed by atoms with Crippen LogP contribution in [0.4, 0.5) is 15.8 Å². The largest absolute Gasteiger partial charge is 0.322 e. The molecule has 0 atom stereocenters. The van der Waals surface area contributed by atoms with Gasteiger partial charge in [-0.1, -0.05) is 23.8 Å². The summed E-state index contributed by atoms with van der Waals surface area (Å²) in [4.78, 5) is 12.6. The molecule has 3 rings (SSSR count). The van der Waals surface area contributed by atoms with Gasteiger partial charge in [0.1, 0.15) is 5.82 Å². The molecule has 0 aliphatic heterocycles. The van der Waals surface area contributed by atoms with Crippen molar-refractivity contribution in [1.82, 2.24) is 0 Å². The van der Waals surface area contributed by atoms with E-state index in [0.29, 0.717) is 5.69 Å². The first-order valence-corrected chi connectivity index (χ1v) is 10.4. The van der Waals surface area contributed by atoms with Crippen LogP contribution < -0.4 is 10.0 Å². The molecule has 0 fully saturated rings. The van der Waals surface area contributed by atoms with E-state index in [1.165, 1.54) is 30.3 Å². The van der Waals surface area contributed by atoms with Gasteiger partial charge >= 0.3 is 0 Å². The zero-order chi connectivity index (χ0) is 21.2. The molecule has 0 spiro atoms. The van der Waals surface area contributed by atoms with Gasteiger partial charge in [-0.25, -0.2) is 12.8 Å². The second kappa shape index (κ2) is 8.05. The third-order valence-corrected chi connectivity index (χ3v) is 5.80. The van der Waals surface area contributed by atoms with Crippen molar-refractivity contribution in [2.24, 2.45) is 0 Å². The number of nitrogens with one attached hydrogen (secondary N) is 2. The standard InChI is InChI=1S/C22H21FN2O3S/c1-14-11-15(2)21(16(3)12-14)24-22(26)17-5-4-6-20(13-17)29(27,28)25-19-9-7-18(23)8-10-19/h4-13,25H,1-3H3,(H,24,26). The second-order valence-corrected chi connectivity index (χ2v) is 8.55. The van der Waals surface area contributed by atoms with Crippen LogP contribution in [0.25, 0.3) is 0 Å². The number of amides is 1. The van der Waals surface area contributed by atoms with Gasteiger partial charge in [-0.05, 0) is 74.4 Å². The monoisotopic (exact) mass is 412 g/mol.